The highest BCUT2D eigenvalue weighted by Gasteiger charge is 2.36. The number of H-pyrrole nitrogens is 1. The van der Waals surface area contributed by atoms with Crippen molar-refractivity contribution in [1.29, 1.82) is 0 Å². The summed E-state index contributed by atoms with van der Waals surface area (Å²) >= 11 is 12.4. The van der Waals surface area contributed by atoms with Crippen molar-refractivity contribution in [3.05, 3.63) is 82.5 Å². The molecular weight excluding hydrogens is 537 g/mol. The van der Waals surface area contributed by atoms with Crippen LogP contribution >= 0.6 is 23.2 Å². The Hall–Kier alpha value is -3.08. The number of benzene rings is 3. The number of fused-ring (bicyclic) bond motifs is 1. The van der Waals surface area contributed by atoms with Gasteiger partial charge in [-0.15, -0.1) is 0 Å². The number of aromatic nitrogens is 1. The Morgan fingerprint density at radius 2 is 1.86 bits per heavy atom. The number of hydrogen-bond donors (Lipinski definition) is 2. The number of carbonyl (C=O) groups excluding carboxylic acids is 1. The van der Waals surface area contributed by atoms with E-state index in [1.807, 2.05) is 48.5 Å². The predicted molar refractivity (Wildman–Crippen MR) is 143 cm³/mol. The van der Waals surface area contributed by atoms with Crippen molar-refractivity contribution in [3.63, 3.8) is 0 Å². The normalized spacial score (nSPS) is 16.6. The number of halogens is 2. The molecule has 11 heteroatoms. The highest BCUT2D eigenvalue weighted by atomic mass is 35.5. The molecule has 0 aliphatic carbocycles. The molecule has 0 radical (unpaired) electrons. The summed E-state index contributed by atoms with van der Waals surface area (Å²) in [5.74, 6) is -0.263. The molecule has 0 bridgehead atoms. The fourth-order valence-electron chi connectivity index (χ4n) is 4.34. The molecule has 1 amide bonds. The van der Waals surface area contributed by atoms with Crippen molar-refractivity contribution in [1.82, 2.24) is 9.29 Å². The van der Waals surface area contributed by atoms with Crippen molar-refractivity contribution in [2.75, 3.05) is 26.3 Å². The molecule has 0 spiro atoms. The molecule has 8 nitrogen and oxygen atoms in total. The molecule has 1 fully saturated rings. The second kappa shape index (κ2) is 10.4. The Kier molecular flexibility index (Phi) is 7.15. The van der Waals surface area contributed by atoms with Crippen LogP contribution in [0.5, 0.6) is 5.75 Å². The van der Waals surface area contributed by atoms with Crippen LogP contribution in [0.1, 0.15) is 10.5 Å². The van der Waals surface area contributed by atoms with Crippen LogP contribution in [-0.2, 0) is 14.8 Å². The summed E-state index contributed by atoms with van der Waals surface area (Å²) in [5, 5.41) is 1.30. The molecule has 3 N–H and O–H groups in total. The molecule has 192 valence electrons. The van der Waals surface area contributed by atoms with Crippen LogP contribution in [0.4, 0.5) is 0 Å². The van der Waals surface area contributed by atoms with E-state index in [0.717, 1.165) is 11.1 Å². The number of nitrogens with two attached hydrogens (primary N) is 1. The molecule has 0 saturated carbocycles. The lowest BCUT2D eigenvalue weighted by molar-refractivity contribution is -0.0249. The summed E-state index contributed by atoms with van der Waals surface area (Å²) < 4.78 is 40.3. The average Bonchev–Trinajstić information content (AvgIpc) is 3.28. The zero-order valence-electron chi connectivity index (χ0n) is 19.5. The second-order valence-electron chi connectivity index (χ2n) is 8.55. The van der Waals surface area contributed by atoms with Crippen molar-refractivity contribution in [2.45, 2.75) is 11.0 Å². The minimum absolute atomic E-state index is 0.0471. The Balaban J connectivity index is 1.32. The minimum Gasteiger partial charge on any atom is -0.491 e. The van der Waals surface area contributed by atoms with E-state index in [4.69, 9.17) is 38.4 Å². The Labute approximate surface area is 223 Å². The van der Waals surface area contributed by atoms with Crippen molar-refractivity contribution in [2.24, 2.45) is 5.73 Å². The van der Waals surface area contributed by atoms with Gasteiger partial charge in [-0.2, -0.15) is 4.31 Å². The minimum atomic E-state index is -4.10. The summed E-state index contributed by atoms with van der Waals surface area (Å²) in [6.45, 7) is 0.482. The molecule has 1 aliphatic rings. The number of morpholine rings is 1. The average molecular weight is 560 g/mol. The first kappa shape index (κ1) is 25.6. The molecule has 1 atom stereocenters. The van der Waals surface area contributed by atoms with E-state index >= 15 is 0 Å². The number of primary amides is 1. The first-order chi connectivity index (χ1) is 17.7. The van der Waals surface area contributed by atoms with Crippen LogP contribution in [0, 0.1) is 0 Å². The highest BCUT2D eigenvalue weighted by molar-refractivity contribution is 7.89. The standard InChI is InChI=1S/C26H23Cl2N3O5S/c27-17-7-10-23-21(13-17)25(24(30-23)26(29)32)37(33,34)31-11-12-35-19(14-31)15-36-18-8-5-16(6-9-18)20-3-1-2-4-22(20)28/h1-10,13,19,30H,11-12,14-15H2,(H2,29,32)/t19-/m0/s1. The summed E-state index contributed by atoms with van der Waals surface area (Å²) in [6, 6.07) is 19.7. The van der Waals surface area contributed by atoms with Crippen molar-refractivity contribution < 1.29 is 22.7 Å². The highest BCUT2D eigenvalue weighted by Crippen LogP contribution is 2.33. The zero-order chi connectivity index (χ0) is 26.2. The molecule has 0 unspecified atom stereocenters. The lowest BCUT2D eigenvalue weighted by atomic mass is 10.1. The van der Waals surface area contributed by atoms with E-state index in [9.17, 15) is 13.2 Å². The van der Waals surface area contributed by atoms with E-state index in [1.54, 1.807) is 12.1 Å². The maximum Gasteiger partial charge on any atom is 0.266 e. The number of nitrogens with zero attached hydrogens (tertiary/aromatic N) is 1. The number of aromatic amines is 1. The number of amides is 1. The van der Waals surface area contributed by atoms with E-state index in [2.05, 4.69) is 4.98 Å². The Bertz CT molecular complexity index is 1570. The number of ether oxygens (including phenoxy) is 2. The molecule has 1 aromatic heterocycles. The van der Waals surface area contributed by atoms with E-state index in [0.29, 0.717) is 26.7 Å². The van der Waals surface area contributed by atoms with Crippen LogP contribution in [0.25, 0.3) is 22.0 Å². The van der Waals surface area contributed by atoms with Gasteiger partial charge >= 0.3 is 0 Å². The number of carbonyl (C=O) groups is 1. The van der Waals surface area contributed by atoms with Crippen LogP contribution < -0.4 is 10.5 Å². The van der Waals surface area contributed by atoms with Crippen molar-refractivity contribution >= 4 is 50.0 Å². The van der Waals surface area contributed by atoms with Crippen LogP contribution in [0.15, 0.2) is 71.6 Å². The number of rotatable bonds is 7. The van der Waals surface area contributed by atoms with Crippen LogP contribution in [0.3, 0.4) is 0 Å². The van der Waals surface area contributed by atoms with Gasteiger partial charge in [0.1, 0.15) is 29.0 Å². The number of sulfonamides is 1. The summed E-state index contributed by atoms with van der Waals surface area (Å²) in [4.78, 5) is 14.7. The first-order valence-corrected chi connectivity index (χ1v) is 13.6. The van der Waals surface area contributed by atoms with Gasteiger partial charge in [0.2, 0.25) is 10.0 Å². The summed E-state index contributed by atoms with van der Waals surface area (Å²) in [5.41, 5.74) is 7.63. The topological polar surface area (TPSA) is 115 Å². The van der Waals surface area contributed by atoms with E-state index in [-0.39, 0.29) is 36.9 Å². The monoisotopic (exact) mass is 559 g/mol. The van der Waals surface area contributed by atoms with Gasteiger partial charge in [0.25, 0.3) is 5.91 Å². The van der Waals surface area contributed by atoms with E-state index < -0.39 is 22.0 Å². The van der Waals surface area contributed by atoms with Crippen molar-refractivity contribution in [3.8, 4) is 16.9 Å². The van der Waals surface area contributed by atoms with Gasteiger partial charge in [-0.25, -0.2) is 8.42 Å². The molecule has 3 aromatic carbocycles. The maximum atomic E-state index is 13.7. The molecule has 1 saturated heterocycles. The van der Waals surface area contributed by atoms with Crippen LogP contribution in [-0.4, -0.2) is 56.0 Å². The zero-order valence-corrected chi connectivity index (χ0v) is 21.8. The molecular formula is C26H23Cl2N3O5S. The van der Waals surface area contributed by atoms with Gasteiger partial charge < -0.3 is 20.2 Å². The summed E-state index contributed by atoms with van der Waals surface area (Å²) in [7, 11) is -4.10. The number of nitrogens with one attached hydrogen (secondary N) is 1. The van der Waals surface area contributed by atoms with Gasteiger partial charge in [0, 0.05) is 39.6 Å². The SMILES string of the molecule is NC(=O)c1[nH]c2ccc(Cl)cc2c1S(=O)(=O)N1CCO[C@H](COc2ccc(-c3ccccc3Cl)cc2)C1. The smallest absolute Gasteiger partial charge is 0.266 e. The molecule has 1 aliphatic heterocycles. The Morgan fingerprint density at radius 1 is 1.11 bits per heavy atom. The lowest BCUT2D eigenvalue weighted by Crippen LogP contribution is -2.47. The summed E-state index contributed by atoms with van der Waals surface area (Å²) in [6.07, 6.45) is -0.516. The van der Waals surface area contributed by atoms with Gasteiger partial charge in [0.15, 0.2) is 0 Å². The molecule has 2 heterocycles. The fraction of sp³-hybridized carbons (Fsp3) is 0.192. The molecule has 5 rings (SSSR count). The van der Waals surface area contributed by atoms with Gasteiger partial charge in [-0.05, 0) is 42.0 Å². The predicted octanol–water partition coefficient (Wildman–Crippen LogP) is 4.71. The van der Waals surface area contributed by atoms with E-state index in [1.165, 1.54) is 10.4 Å². The molecule has 37 heavy (non-hydrogen) atoms. The quantitative estimate of drug-likeness (QED) is 0.340. The van der Waals surface area contributed by atoms with Gasteiger partial charge in [-0.3, -0.25) is 4.79 Å². The number of hydrogen-bond acceptors (Lipinski definition) is 5. The second-order valence-corrected chi connectivity index (χ2v) is 11.3. The van der Waals surface area contributed by atoms with Gasteiger partial charge in [0.05, 0.1) is 6.61 Å². The third kappa shape index (κ3) is 5.18. The lowest BCUT2D eigenvalue weighted by Gasteiger charge is -2.32. The third-order valence-electron chi connectivity index (χ3n) is 6.13. The largest absolute Gasteiger partial charge is 0.491 e. The van der Waals surface area contributed by atoms with Crippen LogP contribution in [0.2, 0.25) is 10.0 Å². The van der Waals surface area contributed by atoms with Gasteiger partial charge in [-0.1, -0.05) is 53.5 Å². The molecule has 4 aromatic rings. The fourth-order valence-corrected chi connectivity index (χ4v) is 6.55. The third-order valence-corrected chi connectivity index (χ3v) is 8.65. The Morgan fingerprint density at radius 3 is 2.59 bits per heavy atom. The maximum absolute atomic E-state index is 13.7. The first-order valence-electron chi connectivity index (χ1n) is 11.4.